The van der Waals surface area contributed by atoms with Crippen LogP contribution in [0.25, 0.3) is 0 Å². The molecule has 0 heterocycles. The van der Waals surface area contributed by atoms with E-state index in [-0.39, 0.29) is 11.7 Å². The molecule has 0 radical (unpaired) electrons. The molecule has 1 atom stereocenters. The Hall–Kier alpha value is -1.59. The van der Waals surface area contributed by atoms with E-state index in [4.69, 9.17) is 19.3 Å². The molecule has 1 rings (SSSR count). The van der Waals surface area contributed by atoms with E-state index in [0.29, 0.717) is 32.2 Å². The van der Waals surface area contributed by atoms with Crippen molar-refractivity contribution in [1.82, 2.24) is 0 Å². The molecule has 1 unspecified atom stereocenters. The summed E-state index contributed by atoms with van der Waals surface area (Å²) in [6.45, 7) is 6.51. The van der Waals surface area contributed by atoms with E-state index in [1.165, 1.54) is 12.1 Å². The molecule has 0 spiro atoms. The number of carbonyl (C=O) groups is 1. The minimum Gasteiger partial charge on any atom is -0.494 e. The van der Waals surface area contributed by atoms with Crippen LogP contribution < -0.4 is 4.74 Å². The van der Waals surface area contributed by atoms with Crippen molar-refractivity contribution in [3.05, 3.63) is 29.8 Å². The fourth-order valence-corrected chi connectivity index (χ4v) is 1.57. The van der Waals surface area contributed by atoms with Crippen molar-refractivity contribution in [3.63, 3.8) is 0 Å². The molecule has 1 aromatic carbocycles. The van der Waals surface area contributed by atoms with Crippen molar-refractivity contribution >= 4 is 5.97 Å². The smallest absolute Gasteiger partial charge is 0.335 e. The number of hydrogen-bond donors (Lipinski definition) is 1. The van der Waals surface area contributed by atoms with Crippen molar-refractivity contribution in [2.75, 3.05) is 26.4 Å². The Morgan fingerprint density at radius 1 is 1.14 bits per heavy atom. The van der Waals surface area contributed by atoms with Crippen LogP contribution in [-0.2, 0) is 9.47 Å². The Bertz CT molecular complexity index is 402. The molecule has 0 aliphatic carbocycles. The minimum atomic E-state index is -0.936. The number of carboxylic acid groups (broad SMARTS) is 1. The van der Waals surface area contributed by atoms with Crippen molar-refractivity contribution < 1.29 is 24.1 Å². The molecule has 0 bridgehead atoms. The zero-order chi connectivity index (χ0) is 15.5. The normalized spacial score (nSPS) is 12.1. The summed E-state index contributed by atoms with van der Waals surface area (Å²) in [6, 6.07) is 6.37. The molecular weight excluding hydrogens is 272 g/mol. The highest BCUT2D eigenvalue weighted by atomic mass is 16.5. The first-order chi connectivity index (χ1) is 10.1. The third kappa shape index (κ3) is 7.68. The molecule has 0 aliphatic rings. The first kappa shape index (κ1) is 17.5. The zero-order valence-corrected chi connectivity index (χ0v) is 12.7. The van der Waals surface area contributed by atoms with Gasteiger partial charge in [-0.15, -0.1) is 0 Å². The van der Waals surface area contributed by atoms with Crippen molar-refractivity contribution in [3.8, 4) is 5.75 Å². The van der Waals surface area contributed by atoms with Gasteiger partial charge in [-0.1, -0.05) is 6.92 Å². The van der Waals surface area contributed by atoms with Gasteiger partial charge in [-0.25, -0.2) is 4.79 Å². The molecule has 5 nitrogen and oxygen atoms in total. The number of benzene rings is 1. The molecule has 21 heavy (non-hydrogen) atoms. The van der Waals surface area contributed by atoms with E-state index in [9.17, 15) is 4.79 Å². The summed E-state index contributed by atoms with van der Waals surface area (Å²) in [5.74, 6) is -0.269. The molecule has 0 aliphatic heterocycles. The molecule has 1 N–H and O–H groups in total. The summed E-state index contributed by atoms with van der Waals surface area (Å²) in [7, 11) is 0. The molecular formula is C16H24O5. The Balaban J connectivity index is 2.02. The largest absolute Gasteiger partial charge is 0.494 e. The highest BCUT2D eigenvalue weighted by Gasteiger charge is 2.02. The minimum absolute atomic E-state index is 0.256. The number of hydrogen-bond acceptors (Lipinski definition) is 4. The fourth-order valence-electron chi connectivity index (χ4n) is 1.57. The van der Waals surface area contributed by atoms with E-state index in [1.54, 1.807) is 12.1 Å². The van der Waals surface area contributed by atoms with E-state index >= 15 is 0 Å². The second kappa shape index (κ2) is 10.2. The third-order valence-electron chi connectivity index (χ3n) is 3.01. The molecule has 0 fully saturated rings. The maximum Gasteiger partial charge on any atom is 0.335 e. The summed E-state index contributed by atoms with van der Waals surface area (Å²) in [5, 5.41) is 8.78. The van der Waals surface area contributed by atoms with Gasteiger partial charge in [0, 0.05) is 13.0 Å². The predicted octanol–water partition coefficient (Wildman–Crippen LogP) is 2.99. The van der Waals surface area contributed by atoms with Gasteiger partial charge >= 0.3 is 5.97 Å². The van der Waals surface area contributed by atoms with Gasteiger partial charge in [0.1, 0.15) is 5.75 Å². The Labute approximate surface area is 125 Å². The predicted molar refractivity (Wildman–Crippen MR) is 80.0 cm³/mol. The van der Waals surface area contributed by atoms with Crippen molar-refractivity contribution in [1.29, 1.82) is 0 Å². The SMILES string of the molecule is CCC(C)OCCOCCCOc1ccc(C(=O)O)cc1. The summed E-state index contributed by atoms with van der Waals surface area (Å²) >= 11 is 0. The summed E-state index contributed by atoms with van der Waals surface area (Å²) in [4.78, 5) is 10.7. The van der Waals surface area contributed by atoms with Crippen LogP contribution in [0.1, 0.15) is 37.0 Å². The van der Waals surface area contributed by atoms with Crippen LogP contribution in [0.15, 0.2) is 24.3 Å². The number of rotatable bonds is 11. The fraction of sp³-hybridized carbons (Fsp3) is 0.562. The van der Waals surface area contributed by atoms with Crippen LogP contribution in [0.3, 0.4) is 0 Å². The summed E-state index contributed by atoms with van der Waals surface area (Å²) < 4.78 is 16.4. The lowest BCUT2D eigenvalue weighted by molar-refractivity contribution is 0.00894. The van der Waals surface area contributed by atoms with Crippen LogP contribution >= 0.6 is 0 Å². The number of carboxylic acids is 1. The Morgan fingerprint density at radius 3 is 2.48 bits per heavy atom. The summed E-state index contributed by atoms with van der Waals surface area (Å²) in [6.07, 6.45) is 2.07. The Kier molecular flexibility index (Phi) is 8.47. The zero-order valence-electron chi connectivity index (χ0n) is 12.7. The number of aromatic carboxylic acids is 1. The lowest BCUT2D eigenvalue weighted by Crippen LogP contribution is -2.13. The molecule has 118 valence electrons. The first-order valence-corrected chi connectivity index (χ1v) is 7.29. The van der Waals surface area contributed by atoms with E-state index < -0.39 is 5.97 Å². The first-order valence-electron chi connectivity index (χ1n) is 7.29. The van der Waals surface area contributed by atoms with Crippen LogP contribution in [0.4, 0.5) is 0 Å². The second-order valence-electron chi connectivity index (χ2n) is 4.73. The molecule has 5 heteroatoms. The third-order valence-corrected chi connectivity index (χ3v) is 3.01. The highest BCUT2D eigenvalue weighted by molar-refractivity contribution is 5.87. The van der Waals surface area contributed by atoms with Gasteiger partial charge < -0.3 is 19.3 Å². The van der Waals surface area contributed by atoms with Gasteiger partial charge in [-0.3, -0.25) is 0 Å². The molecule has 0 saturated carbocycles. The van der Waals surface area contributed by atoms with Gasteiger partial charge in [-0.2, -0.15) is 0 Å². The molecule has 1 aromatic rings. The average molecular weight is 296 g/mol. The van der Waals surface area contributed by atoms with E-state index in [1.807, 2.05) is 6.92 Å². The van der Waals surface area contributed by atoms with Crippen LogP contribution in [0, 0.1) is 0 Å². The van der Waals surface area contributed by atoms with E-state index in [0.717, 1.165) is 12.8 Å². The number of ether oxygens (including phenoxy) is 3. The van der Waals surface area contributed by atoms with Gasteiger partial charge in [0.15, 0.2) is 0 Å². The highest BCUT2D eigenvalue weighted by Crippen LogP contribution is 2.12. The van der Waals surface area contributed by atoms with E-state index in [2.05, 4.69) is 6.92 Å². The Morgan fingerprint density at radius 2 is 1.86 bits per heavy atom. The van der Waals surface area contributed by atoms with Crippen LogP contribution in [-0.4, -0.2) is 43.6 Å². The van der Waals surface area contributed by atoms with Crippen molar-refractivity contribution in [2.45, 2.75) is 32.8 Å². The topological polar surface area (TPSA) is 65.0 Å². The van der Waals surface area contributed by atoms with Gasteiger partial charge in [0.25, 0.3) is 0 Å². The quantitative estimate of drug-likeness (QED) is 0.636. The van der Waals surface area contributed by atoms with Crippen LogP contribution in [0.2, 0.25) is 0 Å². The second-order valence-corrected chi connectivity index (χ2v) is 4.73. The standard InChI is InChI=1S/C16H24O5/c1-3-13(2)20-12-11-19-9-4-10-21-15-7-5-14(6-8-15)16(17)18/h5-8,13H,3-4,9-12H2,1-2H3,(H,17,18). The monoisotopic (exact) mass is 296 g/mol. The maximum atomic E-state index is 10.7. The van der Waals surface area contributed by atoms with Gasteiger partial charge in [0.05, 0.1) is 31.5 Å². The lowest BCUT2D eigenvalue weighted by atomic mass is 10.2. The molecule has 0 amide bonds. The lowest BCUT2D eigenvalue weighted by Gasteiger charge is -2.11. The molecule has 0 saturated heterocycles. The van der Waals surface area contributed by atoms with Gasteiger partial charge in [0.2, 0.25) is 0 Å². The van der Waals surface area contributed by atoms with Crippen LogP contribution in [0.5, 0.6) is 5.75 Å². The average Bonchev–Trinajstić information content (AvgIpc) is 2.50. The summed E-state index contributed by atoms with van der Waals surface area (Å²) in [5.41, 5.74) is 0.256. The maximum absolute atomic E-state index is 10.7. The molecule has 0 aromatic heterocycles. The van der Waals surface area contributed by atoms with Crippen molar-refractivity contribution in [2.24, 2.45) is 0 Å². The van der Waals surface area contributed by atoms with Gasteiger partial charge in [-0.05, 0) is 37.6 Å².